The Morgan fingerprint density at radius 3 is 2.77 bits per heavy atom. The van der Waals surface area contributed by atoms with Gasteiger partial charge in [0, 0.05) is 40.3 Å². The van der Waals surface area contributed by atoms with Crippen LogP contribution in [0.2, 0.25) is 5.02 Å². The molecule has 0 fully saturated rings. The maximum absolute atomic E-state index is 14.5. The van der Waals surface area contributed by atoms with Crippen LogP contribution in [0, 0.1) is 5.82 Å². The number of rotatable bonds is 5. The number of hydrogen-bond donors (Lipinski definition) is 2. The molecular weight excluding hydrogens is 403 g/mol. The van der Waals surface area contributed by atoms with Crippen LogP contribution in [0.3, 0.4) is 0 Å². The van der Waals surface area contributed by atoms with Gasteiger partial charge in [-0.15, -0.1) is 0 Å². The van der Waals surface area contributed by atoms with E-state index in [1.807, 2.05) is 24.3 Å². The Morgan fingerprint density at radius 2 is 1.93 bits per heavy atom. The second kappa shape index (κ2) is 8.47. The number of amides is 1. The Hall–Kier alpha value is -3.51. The van der Waals surface area contributed by atoms with Crippen LogP contribution in [0.1, 0.15) is 13.3 Å². The van der Waals surface area contributed by atoms with Crippen LogP contribution in [0.25, 0.3) is 22.2 Å². The van der Waals surface area contributed by atoms with E-state index in [0.29, 0.717) is 34.0 Å². The van der Waals surface area contributed by atoms with Crippen molar-refractivity contribution in [2.45, 2.75) is 13.3 Å². The van der Waals surface area contributed by atoms with Crippen molar-refractivity contribution in [2.24, 2.45) is 0 Å². The number of benzene rings is 2. The quantitative estimate of drug-likeness (QED) is 0.404. The van der Waals surface area contributed by atoms with Gasteiger partial charge in [-0.05, 0) is 36.4 Å². The minimum absolute atomic E-state index is 0.118. The van der Waals surface area contributed by atoms with Crippen LogP contribution < -0.4 is 10.6 Å². The smallest absolute Gasteiger partial charge is 0.225 e. The van der Waals surface area contributed by atoms with Gasteiger partial charge < -0.3 is 10.6 Å². The highest BCUT2D eigenvalue weighted by molar-refractivity contribution is 6.30. The standard InChI is InChI=1S/C23H18ClFN4O/c1-2-23(30)29-22-12-15(9-10-26-22)27-20-13-21(17-11-14(24)7-8-18(17)25)28-19-6-4-3-5-16(19)20/h3-13H,2H2,1H3,(H2,26,27,28,29,30). The van der Waals surface area contributed by atoms with E-state index in [1.54, 1.807) is 37.4 Å². The Bertz CT molecular complexity index is 1250. The first-order valence-corrected chi connectivity index (χ1v) is 9.79. The first-order valence-electron chi connectivity index (χ1n) is 9.41. The highest BCUT2D eigenvalue weighted by Gasteiger charge is 2.12. The van der Waals surface area contributed by atoms with E-state index < -0.39 is 5.82 Å². The predicted molar refractivity (Wildman–Crippen MR) is 119 cm³/mol. The van der Waals surface area contributed by atoms with Crippen molar-refractivity contribution in [3.05, 3.63) is 77.7 Å². The van der Waals surface area contributed by atoms with Gasteiger partial charge in [0.15, 0.2) is 0 Å². The normalized spacial score (nSPS) is 10.8. The molecule has 0 saturated carbocycles. The van der Waals surface area contributed by atoms with Crippen molar-refractivity contribution in [3.63, 3.8) is 0 Å². The lowest BCUT2D eigenvalue weighted by atomic mass is 10.1. The molecule has 0 bridgehead atoms. The second-order valence-corrected chi connectivity index (χ2v) is 7.09. The summed E-state index contributed by atoms with van der Waals surface area (Å²) in [5.74, 6) is -0.0688. The van der Waals surface area contributed by atoms with Crippen molar-refractivity contribution in [3.8, 4) is 11.3 Å². The van der Waals surface area contributed by atoms with E-state index in [-0.39, 0.29) is 5.91 Å². The van der Waals surface area contributed by atoms with Gasteiger partial charge >= 0.3 is 0 Å². The van der Waals surface area contributed by atoms with Crippen LogP contribution >= 0.6 is 11.6 Å². The van der Waals surface area contributed by atoms with Gasteiger partial charge in [-0.3, -0.25) is 4.79 Å². The molecule has 150 valence electrons. The fourth-order valence-corrected chi connectivity index (χ4v) is 3.25. The number of pyridine rings is 2. The highest BCUT2D eigenvalue weighted by atomic mass is 35.5. The third-order valence-electron chi connectivity index (χ3n) is 4.55. The average Bonchev–Trinajstić information content (AvgIpc) is 2.75. The van der Waals surface area contributed by atoms with Gasteiger partial charge in [0.2, 0.25) is 5.91 Å². The van der Waals surface area contributed by atoms with Crippen molar-refractivity contribution < 1.29 is 9.18 Å². The summed E-state index contributed by atoms with van der Waals surface area (Å²) in [5.41, 5.74) is 2.97. The van der Waals surface area contributed by atoms with Crippen molar-refractivity contribution in [2.75, 3.05) is 10.6 Å². The topological polar surface area (TPSA) is 66.9 Å². The molecule has 2 N–H and O–H groups in total. The van der Waals surface area contributed by atoms with Crippen LogP contribution in [0.5, 0.6) is 0 Å². The molecule has 1 amide bonds. The molecule has 0 aliphatic rings. The summed E-state index contributed by atoms with van der Waals surface area (Å²) in [6.07, 6.45) is 1.97. The van der Waals surface area contributed by atoms with E-state index in [1.165, 1.54) is 12.1 Å². The van der Waals surface area contributed by atoms with Crippen molar-refractivity contribution >= 4 is 45.6 Å². The molecule has 0 atom stereocenters. The molecule has 2 heterocycles. The largest absolute Gasteiger partial charge is 0.355 e. The van der Waals surface area contributed by atoms with E-state index in [4.69, 9.17) is 11.6 Å². The summed E-state index contributed by atoms with van der Waals surface area (Å²) < 4.78 is 14.5. The molecule has 2 aromatic heterocycles. The molecular formula is C23H18ClFN4O. The lowest BCUT2D eigenvalue weighted by Crippen LogP contribution is -2.10. The zero-order valence-electron chi connectivity index (χ0n) is 16.1. The summed E-state index contributed by atoms with van der Waals surface area (Å²) in [6, 6.07) is 17.3. The van der Waals surface area contributed by atoms with E-state index in [9.17, 15) is 9.18 Å². The van der Waals surface area contributed by atoms with E-state index in [2.05, 4.69) is 20.6 Å². The van der Waals surface area contributed by atoms with Crippen molar-refractivity contribution in [1.82, 2.24) is 9.97 Å². The minimum atomic E-state index is -0.401. The number of hydrogen-bond acceptors (Lipinski definition) is 4. The maximum Gasteiger partial charge on any atom is 0.225 e. The lowest BCUT2D eigenvalue weighted by molar-refractivity contribution is -0.115. The van der Waals surface area contributed by atoms with E-state index >= 15 is 0 Å². The van der Waals surface area contributed by atoms with Crippen molar-refractivity contribution in [1.29, 1.82) is 0 Å². The molecule has 7 heteroatoms. The summed E-state index contributed by atoms with van der Waals surface area (Å²) in [5, 5.41) is 7.38. The molecule has 0 unspecified atom stereocenters. The number of nitrogens with one attached hydrogen (secondary N) is 2. The molecule has 2 aromatic carbocycles. The molecule has 0 saturated heterocycles. The number of para-hydroxylation sites is 1. The number of anilines is 3. The number of nitrogens with zero attached hydrogens (tertiary/aromatic N) is 2. The summed E-state index contributed by atoms with van der Waals surface area (Å²) in [4.78, 5) is 20.4. The van der Waals surface area contributed by atoms with Crippen LogP contribution in [0.15, 0.2) is 66.9 Å². The molecule has 0 aliphatic carbocycles. The number of halogens is 2. The third kappa shape index (κ3) is 4.23. The molecule has 5 nitrogen and oxygen atoms in total. The number of fused-ring (bicyclic) bond motifs is 1. The summed E-state index contributed by atoms with van der Waals surface area (Å²) in [7, 11) is 0. The number of aromatic nitrogens is 2. The number of carbonyl (C=O) groups is 1. The first kappa shape index (κ1) is 19.8. The second-order valence-electron chi connectivity index (χ2n) is 6.65. The Balaban J connectivity index is 1.78. The lowest BCUT2D eigenvalue weighted by Gasteiger charge is -2.13. The molecule has 30 heavy (non-hydrogen) atoms. The average molecular weight is 421 g/mol. The monoisotopic (exact) mass is 420 g/mol. The SMILES string of the molecule is CCC(=O)Nc1cc(Nc2cc(-c3cc(Cl)ccc3F)nc3ccccc23)ccn1. The van der Waals surface area contributed by atoms with Gasteiger partial charge in [0.1, 0.15) is 11.6 Å². The van der Waals surface area contributed by atoms with Crippen LogP contribution in [-0.4, -0.2) is 15.9 Å². The Kier molecular flexibility index (Phi) is 5.59. The van der Waals surface area contributed by atoms with E-state index in [0.717, 1.165) is 16.8 Å². The van der Waals surface area contributed by atoms with Gasteiger partial charge in [0.25, 0.3) is 0 Å². The van der Waals surface area contributed by atoms with Gasteiger partial charge in [-0.2, -0.15) is 0 Å². The molecule has 4 aromatic rings. The Labute approximate surface area is 177 Å². The van der Waals surface area contributed by atoms with Gasteiger partial charge in [0.05, 0.1) is 16.9 Å². The van der Waals surface area contributed by atoms with Crippen LogP contribution in [-0.2, 0) is 4.79 Å². The summed E-state index contributed by atoms with van der Waals surface area (Å²) >= 11 is 6.07. The highest BCUT2D eigenvalue weighted by Crippen LogP contribution is 2.32. The molecule has 4 rings (SSSR count). The predicted octanol–water partition coefficient (Wildman–Crippen LogP) is 6.18. The summed E-state index contributed by atoms with van der Waals surface area (Å²) in [6.45, 7) is 1.77. The third-order valence-corrected chi connectivity index (χ3v) is 4.78. The zero-order valence-corrected chi connectivity index (χ0v) is 16.9. The molecule has 0 aliphatic heterocycles. The first-order chi connectivity index (χ1) is 14.5. The Morgan fingerprint density at radius 1 is 1.10 bits per heavy atom. The maximum atomic E-state index is 14.5. The zero-order chi connectivity index (χ0) is 21.1. The van der Waals surface area contributed by atoms with Gasteiger partial charge in [-0.1, -0.05) is 36.7 Å². The minimum Gasteiger partial charge on any atom is -0.355 e. The van der Waals surface area contributed by atoms with Crippen LogP contribution in [0.4, 0.5) is 21.6 Å². The number of carbonyl (C=O) groups excluding carboxylic acids is 1. The molecule has 0 radical (unpaired) electrons. The fraction of sp³-hybridized carbons (Fsp3) is 0.0870. The van der Waals surface area contributed by atoms with Gasteiger partial charge in [-0.25, -0.2) is 14.4 Å². The fourth-order valence-electron chi connectivity index (χ4n) is 3.07. The molecule has 0 spiro atoms.